The van der Waals surface area contributed by atoms with Crippen LogP contribution in [0.2, 0.25) is 0 Å². The highest BCUT2D eigenvalue weighted by Gasteiger charge is 2.59. The zero-order valence-electron chi connectivity index (χ0n) is 15.1. The molecular weight excluding hydrogens is 372 g/mol. The van der Waals surface area contributed by atoms with Gasteiger partial charge in [0.15, 0.2) is 10.6 Å². The van der Waals surface area contributed by atoms with Gasteiger partial charge in [-0.25, -0.2) is 0 Å². The summed E-state index contributed by atoms with van der Waals surface area (Å²) in [7, 11) is 0. The molecule has 5 nitrogen and oxygen atoms in total. The van der Waals surface area contributed by atoms with Gasteiger partial charge < -0.3 is 14.2 Å². The van der Waals surface area contributed by atoms with Crippen LogP contribution in [0.3, 0.4) is 0 Å². The summed E-state index contributed by atoms with van der Waals surface area (Å²) in [5.74, 6) is 0.638. The van der Waals surface area contributed by atoms with Crippen LogP contribution in [0.4, 0.5) is 5.69 Å². The predicted octanol–water partition coefficient (Wildman–Crippen LogP) is 3.87. The second kappa shape index (κ2) is 6.56. The van der Waals surface area contributed by atoms with Gasteiger partial charge in [0.1, 0.15) is 0 Å². The van der Waals surface area contributed by atoms with Crippen LogP contribution in [0.25, 0.3) is 0 Å². The molecule has 1 atom stereocenters. The number of thioether (sulfide) groups is 1. The Kier molecular flexibility index (Phi) is 4.02. The van der Waals surface area contributed by atoms with Gasteiger partial charge in [0, 0.05) is 17.9 Å². The molecule has 1 fully saturated rings. The average Bonchev–Trinajstić information content (AvgIpc) is 3.46. The molecule has 0 N–H and O–H groups in total. The summed E-state index contributed by atoms with van der Waals surface area (Å²) in [4.78, 5) is 29.3. The molecular formula is C22H18N2O3S. The van der Waals surface area contributed by atoms with E-state index in [2.05, 4.69) is 0 Å². The van der Waals surface area contributed by atoms with Crippen LogP contribution < -0.4 is 4.90 Å². The van der Waals surface area contributed by atoms with Gasteiger partial charge in [-0.15, -0.1) is 11.8 Å². The van der Waals surface area contributed by atoms with Gasteiger partial charge >= 0.3 is 0 Å². The molecule has 0 aliphatic carbocycles. The van der Waals surface area contributed by atoms with Crippen LogP contribution in [-0.4, -0.2) is 29.0 Å². The highest BCUT2D eigenvalue weighted by molar-refractivity contribution is 8.01. The molecule has 1 unspecified atom stereocenters. The summed E-state index contributed by atoms with van der Waals surface area (Å²) in [5.41, 5.74) is 2.79. The fraction of sp³-hybridized carbons (Fsp3) is 0.182. The van der Waals surface area contributed by atoms with E-state index >= 15 is 0 Å². The first kappa shape index (κ1) is 17.1. The normalized spacial score (nSPS) is 20.8. The quantitative estimate of drug-likeness (QED) is 0.681. The lowest BCUT2D eigenvalue weighted by Gasteiger charge is -2.32. The lowest BCUT2D eigenvalue weighted by atomic mass is 10.1. The first-order chi connectivity index (χ1) is 13.7. The van der Waals surface area contributed by atoms with Gasteiger partial charge in [0.05, 0.1) is 18.5 Å². The first-order valence-electron chi connectivity index (χ1n) is 9.16. The summed E-state index contributed by atoms with van der Waals surface area (Å²) in [6.45, 7) is 0.977. The van der Waals surface area contributed by atoms with E-state index in [1.165, 1.54) is 18.0 Å². The Bertz CT molecular complexity index is 1030. The molecule has 1 saturated heterocycles. The number of para-hydroxylation sites is 1. The molecule has 3 aromatic rings. The number of furan rings is 1. The summed E-state index contributed by atoms with van der Waals surface area (Å²) in [5, 5.41) is 0. The SMILES string of the molecule is O=C(c1ccco1)N1CCSC12C(=O)N(Cc1ccccc1)c1ccccc12. The predicted molar refractivity (Wildman–Crippen MR) is 108 cm³/mol. The average molecular weight is 390 g/mol. The molecule has 28 heavy (non-hydrogen) atoms. The topological polar surface area (TPSA) is 53.8 Å². The molecule has 6 heteroatoms. The van der Waals surface area contributed by atoms with Crippen LogP contribution >= 0.6 is 11.8 Å². The number of nitrogens with zero attached hydrogens (tertiary/aromatic N) is 2. The molecule has 2 amide bonds. The Hall–Kier alpha value is -2.99. The number of rotatable bonds is 3. The minimum absolute atomic E-state index is 0.0695. The van der Waals surface area contributed by atoms with Gasteiger partial charge in [-0.1, -0.05) is 48.5 Å². The van der Waals surface area contributed by atoms with Gasteiger partial charge in [-0.05, 0) is 23.8 Å². The van der Waals surface area contributed by atoms with E-state index < -0.39 is 4.87 Å². The van der Waals surface area contributed by atoms with E-state index in [9.17, 15) is 9.59 Å². The molecule has 0 saturated carbocycles. The Balaban J connectivity index is 1.59. The monoisotopic (exact) mass is 390 g/mol. The lowest BCUT2D eigenvalue weighted by Crippen LogP contribution is -2.50. The van der Waals surface area contributed by atoms with Gasteiger partial charge in [-0.2, -0.15) is 0 Å². The smallest absolute Gasteiger partial charge is 0.291 e. The van der Waals surface area contributed by atoms with Crippen LogP contribution in [0.1, 0.15) is 21.7 Å². The molecule has 5 rings (SSSR count). The van der Waals surface area contributed by atoms with Crippen molar-refractivity contribution < 1.29 is 14.0 Å². The zero-order chi connectivity index (χ0) is 19.1. The molecule has 2 aliphatic heterocycles. The highest BCUT2D eigenvalue weighted by Crippen LogP contribution is 2.54. The number of hydrogen-bond donors (Lipinski definition) is 0. The molecule has 0 bridgehead atoms. The van der Waals surface area contributed by atoms with Crippen LogP contribution in [0.15, 0.2) is 77.4 Å². The van der Waals surface area contributed by atoms with Crippen molar-refractivity contribution in [3.63, 3.8) is 0 Å². The standard InChI is InChI=1S/C22H18N2O3S/c25-20(19-11-6-13-27-19)24-12-14-28-22(24)17-9-4-5-10-18(17)23(21(22)26)15-16-7-2-1-3-8-16/h1-11,13H,12,14-15H2. The number of anilines is 1. The van der Waals surface area contributed by atoms with Crippen molar-refractivity contribution in [3.05, 3.63) is 89.9 Å². The van der Waals surface area contributed by atoms with E-state index in [0.717, 1.165) is 16.8 Å². The third-order valence-corrected chi connectivity index (χ3v) is 6.68. The number of fused-ring (bicyclic) bond motifs is 2. The third kappa shape index (κ3) is 2.41. The van der Waals surface area contributed by atoms with Crippen LogP contribution in [-0.2, 0) is 16.2 Å². The Morgan fingerprint density at radius 2 is 1.82 bits per heavy atom. The van der Waals surface area contributed by atoms with Crippen molar-refractivity contribution in [2.45, 2.75) is 11.4 Å². The molecule has 1 spiro atoms. The molecule has 2 aromatic carbocycles. The fourth-order valence-electron chi connectivity index (χ4n) is 4.02. The summed E-state index contributed by atoms with van der Waals surface area (Å²) < 4.78 is 5.33. The Morgan fingerprint density at radius 1 is 1.04 bits per heavy atom. The van der Waals surface area contributed by atoms with Crippen molar-refractivity contribution in [3.8, 4) is 0 Å². The van der Waals surface area contributed by atoms with Crippen molar-refractivity contribution in [2.75, 3.05) is 17.2 Å². The summed E-state index contributed by atoms with van der Waals surface area (Å²) >= 11 is 1.52. The van der Waals surface area contributed by atoms with E-state index in [1.807, 2.05) is 54.6 Å². The number of hydrogen-bond acceptors (Lipinski definition) is 4. The summed E-state index contributed by atoms with van der Waals surface area (Å²) in [6, 6.07) is 21.0. The van der Waals surface area contributed by atoms with Gasteiger partial charge in [-0.3, -0.25) is 9.59 Å². The third-order valence-electron chi connectivity index (χ3n) is 5.26. The first-order valence-corrected chi connectivity index (χ1v) is 10.2. The highest BCUT2D eigenvalue weighted by atomic mass is 32.2. The van der Waals surface area contributed by atoms with E-state index in [1.54, 1.807) is 21.9 Å². The Labute approximate surface area is 166 Å². The van der Waals surface area contributed by atoms with Crippen molar-refractivity contribution in [1.29, 1.82) is 0 Å². The number of benzene rings is 2. The molecule has 2 aliphatic rings. The lowest BCUT2D eigenvalue weighted by molar-refractivity contribution is -0.123. The molecule has 3 heterocycles. The molecule has 0 radical (unpaired) electrons. The number of carbonyl (C=O) groups excluding carboxylic acids is 2. The molecule has 140 valence electrons. The van der Waals surface area contributed by atoms with Crippen molar-refractivity contribution in [1.82, 2.24) is 4.90 Å². The fourth-order valence-corrected chi connectivity index (χ4v) is 5.49. The van der Waals surface area contributed by atoms with Gasteiger partial charge in [0.25, 0.3) is 11.8 Å². The van der Waals surface area contributed by atoms with Crippen LogP contribution in [0, 0.1) is 0 Å². The summed E-state index contributed by atoms with van der Waals surface area (Å²) in [6.07, 6.45) is 1.48. The maximum Gasteiger partial charge on any atom is 0.291 e. The van der Waals surface area contributed by atoms with Crippen LogP contribution in [0.5, 0.6) is 0 Å². The number of amides is 2. The second-order valence-corrected chi connectivity index (χ2v) is 8.11. The van der Waals surface area contributed by atoms with E-state index in [-0.39, 0.29) is 17.6 Å². The zero-order valence-corrected chi connectivity index (χ0v) is 15.9. The van der Waals surface area contributed by atoms with E-state index in [4.69, 9.17) is 4.42 Å². The molecule has 1 aromatic heterocycles. The minimum Gasteiger partial charge on any atom is -0.459 e. The minimum atomic E-state index is -1.03. The number of carbonyl (C=O) groups is 2. The maximum absolute atomic E-state index is 13.8. The second-order valence-electron chi connectivity index (χ2n) is 6.82. The maximum atomic E-state index is 13.8. The van der Waals surface area contributed by atoms with E-state index in [0.29, 0.717) is 18.8 Å². The van der Waals surface area contributed by atoms with Crippen molar-refractivity contribution >= 4 is 29.3 Å². The largest absolute Gasteiger partial charge is 0.459 e. The Morgan fingerprint density at radius 3 is 2.61 bits per heavy atom. The van der Waals surface area contributed by atoms with Crippen molar-refractivity contribution in [2.24, 2.45) is 0 Å². The van der Waals surface area contributed by atoms with Gasteiger partial charge in [0.2, 0.25) is 0 Å².